The van der Waals surface area contributed by atoms with Crippen LogP contribution in [0.5, 0.6) is 0 Å². The highest BCUT2D eigenvalue weighted by Crippen LogP contribution is 2.25. The van der Waals surface area contributed by atoms with Gasteiger partial charge in [-0.05, 0) is 45.6 Å². The fourth-order valence-electron chi connectivity index (χ4n) is 2.80. The SMILES string of the molecule is Cc1oc(CN2CC(C)C(C)C2)cc1CNC(C)(C)C. The van der Waals surface area contributed by atoms with E-state index in [1.54, 1.807) is 0 Å². The summed E-state index contributed by atoms with van der Waals surface area (Å²) in [5.41, 5.74) is 1.43. The molecule has 0 amide bonds. The van der Waals surface area contributed by atoms with E-state index in [0.29, 0.717) is 0 Å². The van der Waals surface area contributed by atoms with E-state index in [2.05, 4.69) is 57.8 Å². The number of nitrogens with one attached hydrogen (secondary N) is 1. The van der Waals surface area contributed by atoms with Crippen molar-refractivity contribution in [1.82, 2.24) is 10.2 Å². The molecular formula is C17H30N2O. The highest BCUT2D eigenvalue weighted by molar-refractivity contribution is 5.21. The van der Waals surface area contributed by atoms with Crippen LogP contribution < -0.4 is 5.32 Å². The zero-order valence-corrected chi connectivity index (χ0v) is 13.9. The molecule has 0 radical (unpaired) electrons. The lowest BCUT2D eigenvalue weighted by Crippen LogP contribution is -2.35. The Hall–Kier alpha value is -0.800. The Morgan fingerprint density at radius 1 is 1.25 bits per heavy atom. The number of hydrogen-bond acceptors (Lipinski definition) is 3. The minimum absolute atomic E-state index is 0.143. The van der Waals surface area contributed by atoms with Gasteiger partial charge in [0, 0.05) is 30.7 Å². The maximum absolute atomic E-state index is 5.93. The van der Waals surface area contributed by atoms with Gasteiger partial charge in [-0.25, -0.2) is 0 Å². The Morgan fingerprint density at radius 2 is 1.85 bits per heavy atom. The van der Waals surface area contributed by atoms with Gasteiger partial charge in [0.1, 0.15) is 11.5 Å². The van der Waals surface area contributed by atoms with Crippen LogP contribution in [0.25, 0.3) is 0 Å². The summed E-state index contributed by atoms with van der Waals surface area (Å²) in [7, 11) is 0. The van der Waals surface area contributed by atoms with Gasteiger partial charge in [0.2, 0.25) is 0 Å². The molecule has 1 aromatic heterocycles. The lowest BCUT2D eigenvalue weighted by Gasteiger charge is -2.20. The van der Waals surface area contributed by atoms with Crippen molar-refractivity contribution in [3.63, 3.8) is 0 Å². The molecule has 0 bridgehead atoms. The molecule has 20 heavy (non-hydrogen) atoms. The number of likely N-dealkylation sites (tertiary alicyclic amines) is 1. The highest BCUT2D eigenvalue weighted by atomic mass is 16.3. The summed E-state index contributed by atoms with van der Waals surface area (Å²) in [6.45, 7) is 17.5. The average molecular weight is 278 g/mol. The van der Waals surface area contributed by atoms with Crippen molar-refractivity contribution >= 4 is 0 Å². The zero-order valence-electron chi connectivity index (χ0n) is 13.9. The third-order valence-corrected chi connectivity index (χ3v) is 4.32. The van der Waals surface area contributed by atoms with Crippen LogP contribution in [0.2, 0.25) is 0 Å². The van der Waals surface area contributed by atoms with Crippen LogP contribution in [0.15, 0.2) is 10.5 Å². The molecule has 1 aliphatic heterocycles. The minimum Gasteiger partial charge on any atom is -0.465 e. The lowest BCUT2D eigenvalue weighted by molar-refractivity contribution is 0.283. The first-order valence-electron chi connectivity index (χ1n) is 7.80. The van der Waals surface area contributed by atoms with E-state index in [1.165, 1.54) is 18.7 Å². The first kappa shape index (κ1) is 15.6. The number of aryl methyl sites for hydroxylation is 1. The Balaban J connectivity index is 1.94. The number of furan rings is 1. The second-order valence-electron chi connectivity index (χ2n) is 7.55. The van der Waals surface area contributed by atoms with Crippen molar-refractivity contribution in [3.05, 3.63) is 23.2 Å². The van der Waals surface area contributed by atoms with Gasteiger partial charge in [-0.1, -0.05) is 13.8 Å². The molecule has 1 aromatic rings. The molecule has 0 aliphatic carbocycles. The molecule has 114 valence electrons. The largest absolute Gasteiger partial charge is 0.465 e. The van der Waals surface area contributed by atoms with E-state index in [4.69, 9.17) is 4.42 Å². The van der Waals surface area contributed by atoms with Gasteiger partial charge in [0.25, 0.3) is 0 Å². The van der Waals surface area contributed by atoms with Crippen LogP contribution in [0, 0.1) is 18.8 Å². The molecule has 1 fully saturated rings. The van der Waals surface area contributed by atoms with Crippen molar-refractivity contribution in [2.24, 2.45) is 11.8 Å². The second kappa shape index (κ2) is 5.90. The van der Waals surface area contributed by atoms with E-state index >= 15 is 0 Å². The van der Waals surface area contributed by atoms with Crippen LogP contribution in [0.3, 0.4) is 0 Å². The first-order valence-corrected chi connectivity index (χ1v) is 7.80. The van der Waals surface area contributed by atoms with Gasteiger partial charge in [-0.15, -0.1) is 0 Å². The summed E-state index contributed by atoms with van der Waals surface area (Å²) in [4.78, 5) is 2.51. The van der Waals surface area contributed by atoms with Crippen LogP contribution in [-0.2, 0) is 13.1 Å². The number of nitrogens with zero attached hydrogens (tertiary/aromatic N) is 1. The minimum atomic E-state index is 0.143. The summed E-state index contributed by atoms with van der Waals surface area (Å²) < 4.78 is 5.93. The van der Waals surface area contributed by atoms with Crippen LogP contribution in [0.1, 0.15) is 51.7 Å². The van der Waals surface area contributed by atoms with E-state index in [0.717, 1.165) is 36.4 Å². The predicted octanol–water partition coefficient (Wildman–Crippen LogP) is 3.56. The summed E-state index contributed by atoms with van der Waals surface area (Å²) in [6, 6.07) is 2.22. The molecule has 2 unspecified atom stereocenters. The monoisotopic (exact) mass is 278 g/mol. The van der Waals surface area contributed by atoms with E-state index < -0.39 is 0 Å². The molecule has 3 nitrogen and oxygen atoms in total. The molecule has 2 atom stereocenters. The standard InChI is InChI=1S/C17H30N2O/c1-12-9-19(10-13(12)2)11-16-7-15(14(3)20-16)8-18-17(4,5)6/h7,12-13,18H,8-11H2,1-6H3. The molecule has 2 rings (SSSR count). The van der Waals surface area contributed by atoms with E-state index in [-0.39, 0.29) is 5.54 Å². The highest BCUT2D eigenvalue weighted by Gasteiger charge is 2.26. The van der Waals surface area contributed by atoms with Gasteiger partial charge >= 0.3 is 0 Å². The van der Waals surface area contributed by atoms with Crippen LogP contribution >= 0.6 is 0 Å². The molecule has 0 aromatic carbocycles. The quantitative estimate of drug-likeness (QED) is 0.913. The van der Waals surface area contributed by atoms with Crippen molar-refractivity contribution < 1.29 is 4.42 Å². The zero-order chi connectivity index (χ0) is 14.9. The number of hydrogen-bond donors (Lipinski definition) is 1. The smallest absolute Gasteiger partial charge is 0.118 e. The molecule has 1 N–H and O–H groups in total. The maximum Gasteiger partial charge on any atom is 0.118 e. The van der Waals surface area contributed by atoms with Gasteiger partial charge in [-0.2, -0.15) is 0 Å². The summed E-state index contributed by atoms with van der Waals surface area (Å²) >= 11 is 0. The summed E-state index contributed by atoms with van der Waals surface area (Å²) in [5.74, 6) is 3.76. The molecule has 1 aliphatic rings. The van der Waals surface area contributed by atoms with Crippen molar-refractivity contribution in [3.8, 4) is 0 Å². The molecule has 0 saturated carbocycles. The van der Waals surface area contributed by atoms with Crippen molar-refractivity contribution in [2.75, 3.05) is 13.1 Å². The topological polar surface area (TPSA) is 28.4 Å². The third-order valence-electron chi connectivity index (χ3n) is 4.32. The molecule has 3 heteroatoms. The summed E-state index contributed by atoms with van der Waals surface area (Å²) in [5, 5.41) is 3.53. The molecule has 1 saturated heterocycles. The predicted molar refractivity (Wildman–Crippen MR) is 83.6 cm³/mol. The Morgan fingerprint density at radius 3 is 2.40 bits per heavy atom. The fraction of sp³-hybridized carbons (Fsp3) is 0.765. The molecule has 0 spiro atoms. The second-order valence-corrected chi connectivity index (χ2v) is 7.55. The maximum atomic E-state index is 5.93. The van der Waals surface area contributed by atoms with Crippen molar-refractivity contribution in [1.29, 1.82) is 0 Å². The van der Waals surface area contributed by atoms with Gasteiger partial charge < -0.3 is 9.73 Å². The Kier molecular flexibility index (Phi) is 4.60. The Bertz CT molecular complexity index is 434. The van der Waals surface area contributed by atoms with Gasteiger partial charge in [0.15, 0.2) is 0 Å². The Labute approximate surface area is 123 Å². The fourth-order valence-corrected chi connectivity index (χ4v) is 2.80. The van der Waals surface area contributed by atoms with Gasteiger partial charge in [0.05, 0.1) is 6.54 Å². The number of rotatable bonds is 4. The average Bonchev–Trinajstić information content (AvgIpc) is 2.80. The van der Waals surface area contributed by atoms with E-state index in [9.17, 15) is 0 Å². The lowest BCUT2D eigenvalue weighted by atomic mass is 10.0. The first-order chi connectivity index (χ1) is 9.24. The third kappa shape index (κ3) is 4.10. The van der Waals surface area contributed by atoms with Crippen molar-refractivity contribution in [2.45, 2.75) is 60.2 Å². The van der Waals surface area contributed by atoms with Crippen LogP contribution in [0.4, 0.5) is 0 Å². The van der Waals surface area contributed by atoms with Gasteiger partial charge in [-0.3, -0.25) is 4.90 Å². The molecule has 2 heterocycles. The molecular weight excluding hydrogens is 248 g/mol. The van der Waals surface area contributed by atoms with Crippen LogP contribution in [-0.4, -0.2) is 23.5 Å². The summed E-state index contributed by atoms with van der Waals surface area (Å²) in [6.07, 6.45) is 0. The normalized spacial score (nSPS) is 24.5. The van der Waals surface area contributed by atoms with E-state index in [1.807, 2.05) is 0 Å².